The number of fused-ring (bicyclic) bond motifs is 2. The first-order valence-electron chi connectivity index (χ1n) is 8.28. The molecule has 1 saturated carbocycles. The van der Waals surface area contributed by atoms with Crippen molar-refractivity contribution in [3.05, 3.63) is 15.8 Å². The zero-order chi connectivity index (χ0) is 17.1. The van der Waals surface area contributed by atoms with Gasteiger partial charge in [0.25, 0.3) is 0 Å². The highest BCUT2D eigenvalue weighted by atomic mass is 79.9. The minimum absolute atomic E-state index is 0.176. The Morgan fingerprint density at radius 3 is 2.58 bits per heavy atom. The molecule has 2 aromatic rings. The SMILES string of the molecule is CC(C)(C)OC(=O)N1CC2CC(c3cn4nc(Br)sc4n3)CC2C1. The molecular weight excluding hydrogens is 392 g/mol. The summed E-state index contributed by atoms with van der Waals surface area (Å²) in [7, 11) is 0. The maximum atomic E-state index is 12.2. The van der Waals surface area contributed by atoms with E-state index < -0.39 is 5.60 Å². The molecule has 0 spiro atoms. The van der Waals surface area contributed by atoms with Gasteiger partial charge in [0.15, 0.2) is 3.92 Å². The minimum atomic E-state index is -0.430. The van der Waals surface area contributed by atoms with E-state index in [0.717, 1.165) is 40.5 Å². The Morgan fingerprint density at radius 2 is 2.00 bits per heavy atom. The van der Waals surface area contributed by atoms with Crippen LogP contribution in [-0.2, 0) is 4.74 Å². The molecule has 2 unspecified atom stereocenters. The van der Waals surface area contributed by atoms with Gasteiger partial charge in [0.05, 0.1) is 11.9 Å². The quantitative estimate of drug-likeness (QED) is 0.711. The van der Waals surface area contributed by atoms with Crippen molar-refractivity contribution in [2.24, 2.45) is 11.8 Å². The van der Waals surface area contributed by atoms with E-state index in [-0.39, 0.29) is 6.09 Å². The average Bonchev–Trinajstić information content (AvgIpc) is 3.11. The first kappa shape index (κ1) is 16.3. The van der Waals surface area contributed by atoms with Crippen LogP contribution >= 0.6 is 27.3 Å². The highest BCUT2D eigenvalue weighted by Gasteiger charge is 2.44. The Bertz CT molecular complexity index is 735. The first-order chi connectivity index (χ1) is 11.3. The topological polar surface area (TPSA) is 59.7 Å². The molecule has 2 aromatic heterocycles. The lowest BCUT2D eigenvalue weighted by molar-refractivity contribution is 0.0279. The predicted octanol–water partition coefficient (Wildman–Crippen LogP) is 3.91. The predicted molar refractivity (Wildman–Crippen MR) is 95.3 cm³/mol. The summed E-state index contributed by atoms with van der Waals surface area (Å²) in [5, 5.41) is 4.37. The second-order valence-corrected chi connectivity index (χ2v) is 10.1. The second-order valence-electron chi connectivity index (χ2n) is 7.82. The van der Waals surface area contributed by atoms with Crippen LogP contribution in [-0.4, -0.2) is 44.3 Å². The summed E-state index contributed by atoms with van der Waals surface area (Å²) in [6.45, 7) is 7.35. The lowest BCUT2D eigenvalue weighted by Crippen LogP contribution is -2.36. The van der Waals surface area contributed by atoms with E-state index in [1.807, 2.05) is 36.4 Å². The Kier molecular flexibility index (Phi) is 3.87. The van der Waals surface area contributed by atoms with Crippen molar-refractivity contribution in [1.29, 1.82) is 0 Å². The number of amides is 1. The molecular formula is C16H21BrN4O2S. The van der Waals surface area contributed by atoms with Gasteiger partial charge in [-0.15, -0.1) is 5.10 Å². The van der Waals surface area contributed by atoms with Crippen LogP contribution in [0, 0.1) is 11.8 Å². The molecule has 24 heavy (non-hydrogen) atoms. The number of carbonyl (C=O) groups excluding carboxylic acids is 1. The van der Waals surface area contributed by atoms with Crippen molar-refractivity contribution in [1.82, 2.24) is 19.5 Å². The van der Waals surface area contributed by atoms with Crippen LogP contribution in [0.2, 0.25) is 0 Å². The molecule has 4 rings (SSSR count). The summed E-state index contributed by atoms with van der Waals surface area (Å²) in [5.74, 6) is 1.59. The van der Waals surface area contributed by atoms with Crippen molar-refractivity contribution < 1.29 is 9.53 Å². The Labute approximate surface area is 153 Å². The summed E-state index contributed by atoms with van der Waals surface area (Å²) in [5.41, 5.74) is 0.709. The summed E-state index contributed by atoms with van der Waals surface area (Å²) < 4.78 is 8.21. The molecule has 3 heterocycles. The number of hydrogen-bond donors (Lipinski definition) is 0. The maximum absolute atomic E-state index is 12.2. The molecule has 6 nitrogen and oxygen atoms in total. The van der Waals surface area contributed by atoms with Crippen LogP contribution in [0.25, 0.3) is 4.96 Å². The number of imidazole rings is 1. The normalized spacial score (nSPS) is 27.0. The van der Waals surface area contributed by atoms with Gasteiger partial charge in [0, 0.05) is 19.0 Å². The third kappa shape index (κ3) is 3.06. The van der Waals surface area contributed by atoms with Crippen LogP contribution < -0.4 is 0 Å². The zero-order valence-corrected chi connectivity index (χ0v) is 16.4. The van der Waals surface area contributed by atoms with Crippen molar-refractivity contribution >= 4 is 38.3 Å². The van der Waals surface area contributed by atoms with E-state index >= 15 is 0 Å². The van der Waals surface area contributed by atoms with Crippen LogP contribution in [0.5, 0.6) is 0 Å². The summed E-state index contributed by atoms with van der Waals surface area (Å²) in [6, 6.07) is 0. The van der Waals surface area contributed by atoms with Gasteiger partial charge >= 0.3 is 6.09 Å². The van der Waals surface area contributed by atoms with Crippen LogP contribution in [0.15, 0.2) is 10.1 Å². The average molecular weight is 413 g/mol. The highest BCUT2D eigenvalue weighted by molar-refractivity contribution is 9.11. The smallest absolute Gasteiger partial charge is 0.410 e. The molecule has 2 fully saturated rings. The van der Waals surface area contributed by atoms with Crippen molar-refractivity contribution in [3.8, 4) is 0 Å². The molecule has 130 valence electrons. The Balaban J connectivity index is 1.40. The van der Waals surface area contributed by atoms with Gasteiger partial charge < -0.3 is 9.64 Å². The van der Waals surface area contributed by atoms with Gasteiger partial charge in [-0.1, -0.05) is 11.3 Å². The fourth-order valence-corrected chi connectivity index (χ4v) is 5.13. The summed E-state index contributed by atoms with van der Waals surface area (Å²) in [4.78, 5) is 19.8. The van der Waals surface area contributed by atoms with Gasteiger partial charge in [0.2, 0.25) is 4.96 Å². The van der Waals surface area contributed by atoms with Gasteiger partial charge in [-0.3, -0.25) is 0 Å². The third-order valence-corrected chi connectivity index (χ3v) is 6.21. The molecule has 0 N–H and O–H groups in total. The van der Waals surface area contributed by atoms with E-state index in [1.54, 1.807) is 11.3 Å². The van der Waals surface area contributed by atoms with Crippen LogP contribution in [0.1, 0.15) is 45.2 Å². The number of hydrogen-bond acceptors (Lipinski definition) is 5. The monoisotopic (exact) mass is 412 g/mol. The van der Waals surface area contributed by atoms with Gasteiger partial charge in [-0.25, -0.2) is 14.3 Å². The lowest BCUT2D eigenvalue weighted by atomic mass is 10.0. The minimum Gasteiger partial charge on any atom is -0.444 e. The van der Waals surface area contributed by atoms with Gasteiger partial charge in [-0.2, -0.15) is 0 Å². The molecule has 1 saturated heterocycles. The summed E-state index contributed by atoms with van der Waals surface area (Å²) in [6.07, 6.45) is 4.06. The van der Waals surface area contributed by atoms with Crippen molar-refractivity contribution in [2.75, 3.05) is 13.1 Å². The number of likely N-dealkylation sites (tertiary alicyclic amines) is 1. The van der Waals surface area contributed by atoms with Crippen molar-refractivity contribution in [3.63, 3.8) is 0 Å². The molecule has 1 amide bonds. The molecule has 0 aromatic carbocycles. The molecule has 2 atom stereocenters. The molecule has 0 bridgehead atoms. The van der Waals surface area contributed by atoms with Crippen LogP contribution in [0.3, 0.4) is 0 Å². The van der Waals surface area contributed by atoms with Crippen LogP contribution in [0.4, 0.5) is 4.79 Å². The largest absolute Gasteiger partial charge is 0.444 e. The lowest BCUT2D eigenvalue weighted by Gasteiger charge is -2.25. The number of halogens is 1. The Hall–Kier alpha value is -1.15. The molecule has 1 aliphatic carbocycles. The Morgan fingerprint density at radius 1 is 1.33 bits per heavy atom. The highest BCUT2D eigenvalue weighted by Crippen LogP contribution is 2.46. The molecule has 8 heteroatoms. The second kappa shape index (κ2) is 5.69. The molecule has 0 radical (unpaired) electrons. The van der Waals surface area contributed by atoms with Gasteiger partial charge in [-0.05, 0) is 61.4 Å². The third-order valence-electron chi connectivity index (χ3n) is 4.86. The standard InChI is InChI=1S/C16H21BrN4O2S/c1-16(2,3)23-15(22)20-6-10-4-9(5-11(10)7-20)12-8-21-14(18-12)24-13(17)19-21/h8-11H,4-7H2,1-3H3. The number of ether oxygens (including phenoxy) is 1. The number of aromatic nitrogens is 3. The zero-order valence-electron chi connectivity index (χ0n) is 14.0. The van der Waals surface area contributed by atoms with E-state index in [1.165, 1.54) is 0 Å². The molecule has 1 aliphatic heterocycles. The number of rotatable bonds is 1. The fraction of sp³-hybridized carbons (Fsp3) is 0.688. The van der Waals surface area contributed by atoms with Gasteiger partial charge in [0.1, 0.15) is 5.60 Å². The van der Waals surface area contributed by atoms with E-state index in [4.69, 9.17) is 9.72 Å². The summed E-state index contributed by atoms with van der Waals surface area (Å²) >= 11 is 4.94. The van der Waals surface area contributed by atoms with Crippen molar-refractivity contribution in [2.45, 2.75) is 45.1 Å². The van der Waals surface area contributed by atoms with E-state index in [9.17, 15) is 4.79 Å². The van der Waals surface area contributed by atoms with E-state index in [2.05, 4.69) is 21.0 Å². The first-order valence-corrected chi connectivity index (χ1v) is 9.89. The molecule has 2 aliphatic rings. The van der Waals surface area contributed by atoms with E-state index in [0.29, 0.717) is 17.8 Å². The number of nitrogens with zero attached hydrogens (tertiary/aromatic N) is 4. The number of carbonyl (C=O) groups is 1. The fourth-order valence-electron chi connectivity index (χ4n) is 3.91. The maximum Gasteiger partial charge on any atom is 0.410 e.